The molecule has 1 aromatic rings. The standard InChI is InChI=1S/C12H16ClN3/c1-9(2)16(7-3-6-14)12-8-10(13)4-5-11(12)15/h4-5,8-9H,3,7,15H2,1-2H3. The Bertz CT molecular complexity index is 396. The quantitative estimate of drug-likeness (QED) is 0.819. The van der Waals surface area contributed by atoms with E-state index in [1.54, 1.807) is 12.1 Å². The van der Waals surface area contributed by atoms with Crippen molar-refractivity contribution in [1.82, 2.24) is 0 Å². The van der Waals surface area contributed by atoms with Gasteiger partial charge in [-0.05, 0) is 32.0 Å². The zero-order valence-electron chi connectivity index (χ0n) is 9.57. The summed E-state index contributed by atoms with van der Waals surface area (Å²) in [6, 6.07) is 7.83. The van der Waals surface area contributed by atoms with Crippen LogP contribution in [0.5, 0.6) is 0 Å². The van der Waals surface area contributed by atoms with E-state index in [0.29, 0.717) is 23.7 Å². The predicted octanol–water partition coefficient (Wildman–Crippen LogP) is 3.05. The van der Waals surface area contributed by atoms with Gasteiger partial charge in [-0.1, -0.05) is 11.6 Å². The van der Waals surface area contributed by atoms with E-state index in [0.717, 1.165) is 5.69 Å². The molecule has 0 saturated carbocycles. The number of halogens is 1. The fourth-order valence-electron chi connectivity index (χ4n) is 1.59. The van der Waals surface area contributed by atoms with Crippen LogP contribution in [0.1, 0.15) is 20.3 Å². The van der Waals surface area contributed by atoms with E-state index >= 15 is 0 Å². The van der Waals surface area contributed by atoms with E-state index in [9.17, 15) is 0 Å². The first-order valence-electron chi connectivity index (χ1n) is 5.25. The molecule has 0 fully saturated rings. The number of anilines is 2. The number of nitrogen functional groups attached to an aromatic ring is 1. The maximum absolute atomic E-state index is 8.63. The smallest absolute Gasteiger partial charge is 0.0640 e. The van der Waals surface area contributed by atoms with Crippen LogP contribution in [-0.4, -0.2) is 12.6 Å². The Kier molecular flexibility index (Phi) is 4.45. The lowest BCUT2D eigenvalue weighted by molar-refractivity contribution is 0.687. The van der Waals surface area contributed by atoms with Crippen LogP contribution in [-0.2, 0) is 0 Å². The number of benzene rings is 1. The number of nitriles is 1. The third-order valence-corrected chi connectivity index (χ3v) is 2.62. The van der Waals surface area contributed by atoms with Crippen molar-refractivity contribution in [2.75, 3.05) is 17.2 Å². The van der Waals surface area contributed by atoms with Gasteiger partial charge in [0.05, 0.1) is 23.9 Å². The fourth-order valence-corrected chi connectivity index (χ4v) is 1.76. The minimum absolute atomic E-state index is 0.286. The molecule has 0 aliphatic carbocycles. The first-order valence-corrected chi connectivity index (χ1v) is 5.62. The molecule has 0 amide bonds. The van der Waals surface area contributed by atoms with Gasteiger partial charge in [-0.2, -0.15) is 5.26 Å². The number of hydrogen-bond acceptors (Lipinski definition) is 3. The van der Waals surface area contributed by atoms with Crippen LogP contribution in [0, 0.1) is 11.3 Å². The summed E-state index contributed by atoms with van der Waals surface area (Å²) in [7, 11) is 0. The summed E-state index contributed by atoms with van der Waals surface area (Å²) >= 11 is 5.95. The molecule has 0 aliphatic heterocycles. The summed E-state index contributed by atoms with van der Waals surface area (Å²) in [6.07, 6.45) is 0.476. The molecule has 0 aromatic heterocycles. The Morgan fingerprint density at radius 1 is 1.50 bits per heavy atom. The molecule has 16 heavy (non-hydrogen) atoms. The van der Waals surface area contributed by atoms with Crippen molar-refractivity contribution in [2.45, 2.75) is 26.3 Å². The van der Waals surface area contributed by atoms with Crippen LogP contribution in [0.25, 0.3) is 0 Å². The van der Waals surface area contributed by atoms with E-state index in [1.807, 2.05) is 6.07 Å². The number of hydrogen-bond donors (Lipinski definition) is 1. The van der Waals surface area contributed by atoms with Crippen LogP contribution < -0.4 is 10.6 Å². The zero-order valence-corrected chi connectivity index (χ0v) is 10.3. The van der Waals surface area contributed by atoms with Gasteiger partial charge in [0.25, 0.3) is 0 Å². The fraction of sp³-hybridized carbons (Fsp3) is 0.417. The van der Waals surface area contributed by atoms with Crippen LogP contribution in [0.15, 0.2) is 18.2 Å². The van der Waals surface area contributed by atoms with E-state index in [-0.39, 0.29) is 6.04 Å². The molecule has 86 valence electrons. The second kappa shape index (κ2) is 5.62. The monoisotopic (exact) mass is 237 g/mol. The maximum atomic E-state index is 8.63. The molecule has 0 atom stereocenters. The molecule has 0 unspecified atom stereocenters. The Morgan fingerprint density at radius 3 is 2.75 bits per heavy atom. The van der Waals surface area contributed by atoms with E-state index in [4.69, 9.17) is 22.6 Å². The number of nitrogens with two attached hydrogens (primary N) is 1. The number of rotatable bonds is 4. The van der Waals surface area contributed by atoms with Crippen LogP contribution >= 0.6 is 11.6 Å². The van der Waals surface area contributed by atoms with Gasteiger partial charge in [-0.25, -0.2) is 0 Å². The molecule has 1 aromatic carbocycles. The summed E-state index contributed by atoms with van der Waals surface area (Å²) in [5, 5.41) is 9.29. The Balaban J connectivity index is 3.01. The molecular formula is C12H16ClN3. The molecule has 2 N–H and O–H groups in total. The SMILES string of the molecule is CC(C)N(CCC#N)c1cc(Cl)ccc1N. The van der Waals surface area contributed by atoms with Gasteiger partial charge in [0.1, 0.15) is 0 Å². The van der Waals surface area contributed by atoms with E-state index < -0.39 is 0 Å². The molecule has 0 aliphatic rings. The van der Waals surface area contributed by atoms with Gasteiger partial charge in [0, 0.05) is 17.6 Å². The topological polar surface area (TPSA) is 53.0 Å². The minimum atomic E-state index is 0.286. The minimum Gasteiger partial charge on any atom is -0.397 e. The highest BCUT2D eigenvalue weighted by atomic mass is 35.5. The maximum Gasteiger partial charge on any atom is 0.0640 e. The summed E-state index contributed by atoms with van der Waals surface area (Å²) in [6.45, 7) is 4.80. The van der Waals surface area contributed by atoms with Crippen LogP contribution in [0.3, 0.4) is 0 Å². The highest BCUT2D eigenvalue weighted by Gasteiger charge is 2.13. The molecule has 0 bridgehead atoms. The first-order chi connectivity index (χ1) is 7.56. The average molecular weight is 238 g/mol. The van der Waals surface area contributed by atoms with Crippen LogP contribution in [0.2, 0.25) is 5.02 Å². The lowest BCUT2D eigenvalue weighted by atomic mass is 10.2. The molecule has 0 spiro atoms. The number of nitrogens with zero attached hydrogens (tertiary/aromatic N) is 2. The van der Waals surface area contributed by atoms with Crippen molar-refractivity contribution in [1.29, 1.82) is 5.26 Å². The molecule has 3 nitrogen and oxygen atoms in total. The summed E-state index contributed by atoms with van der Waals surface area (Å²) < 4.78 is 0. The summed E-state index contributed by atoms with van der Waals surface area (Å²) in [5.74, 6) is 0. The molecule has 4 heteroatoms. The molecule has 0 saturated heterocycles. The molecule has 1 rings (SSSR count). The second-order valence-electron chi connectivity index (χ2n) is 3.90. The Hall–Kier alpha value is -1.40. The summed E-state index contributed by atoms with van der Waals surface area (Å²) in [5.41, 5.74) is 7.51. The third kappa shape index (κ3) is 3.04. The van der Waals surface area contributed by atoms with Crippen molar-refractivity contribution in [3.8, 4) is 6.07 Å². The van der Waals surface area contributed by atoms with Crippen LogP contribution in [0.4, 0.5) is 11.4 Å². The second-order valence-corrected chi connectivity index (χ2v) is 4.33. The van der Waals surface area contributed by atoms with Gasteiger partial charge in [-0.15, -0.1) is 0 Å². The third-order valence-electron chi connectivity index (χ3n) is 2.39. The largest absolute Gasteiger partial charge is 0.397 e. The van der Waals surface area contributed by atoms with Gasteiger partial charge < -0.3 is 10.6 Å². The first kappa shape index (κ1) is 12.7. The summed E-state index contributed by atoms with van der Waals surface area (Å²) in [4.78, 5) is 2.09. The van der Waals surface area contributed by atoms with Crippen molar-refractivity contribution in [3.05, 3.63) is 23.2 Å². The average Bonchev–Trinajstić information content (AvgIpc) is 2.23. The lowest BCUT2D eigenvalue weighted by Gasteiger charge is -2.29. The van der Waals surface area contributed by atoms with Gasteiger partial charge in [0.2, 0.25) is 0 Å². The highest BCUT2D eigenvalue weighted by molar-refractivity contribution is 6.31. The molecule has 0 radical (unpaired) electrons. The van der Waals surface area contributed by atoms with Crippen molar-refractivity contribution < 1.29 is 0 Å². The normalized spacial score (nSPS) is 10.2. The van der Waals surface area contributed by atoms with Crippen molar-refractivity contribution in [2.24, 2.45) is 0 Å². The van der Waals surface area contributed by atoms with Gasteiger partial charge in [-0.3, -0.25) is 0 Å². The molecular weight excluding hydrogens is 222 g/mol. The highest BCUT2D eigenvalue weighted by Crippen LogP contribution is 2.28. The van der Waals surface area contributed by atoms with Crippen molar-refractivity contribution >= 4 is 23.0 Å². The zero-order chi connectivity index (χ0) is 12.1. The van der Waals surface area contributed by atoms with Crippen molar-refractivity contribution in [3.63, 3.8) is 0 Å². The van der Waals surface area contributed by atoms with E-state index in [1.165, 1.54) is 0 Å². The predicted molar refractivity (Wildman–Crippen MR) is 68.6 cm³/mol. The van der Waals surface area contributed by atoms with Gasteiger partial charge in [0.15, 0.2) is 0 Å². The Morgan fingerprint density at radius 2 is 2.19 bits per heavy atom. The van der Waals surface area contributed by atoms with Gasteiger partial charge >= 0.3 is 0 Å². The lowest BCUT2D eigenvalue weighted by Crippen LogP contribution is -2.32. The Labute approximate surface area is 101 Å². The molecule has 0 heterocycles. The van der Waals surface area contributed by atoms with E-state index in [2.05, 4.69) is 24.8 Å².